The molecule has 2 aromatic heterocycles. The van der Waals surface area contributed by atoms with Crippen molar-refractivity contribution in [2.24, 2.45) is 7.05 Å². The topological polar surface area (TPSA) is 88.9 Å². The minimum absolute atomic E-state index is 0.0175. The van der Waals surface area contributed by atoms with Crippen LogP contribution >= 0.6 is 0 Å². The van der Waals surface area contributed by atoms with Gasteiger partial charge in [-0.25, -0.2) is 18.1 Å². The Morgan fingerprint density at radius 1 is 1.24 bits per heavy atom. The van der Waals surface area contributed by atoms with Crippen molar-refractivity contribution in [3.05, 3.63) is 41.3 Å². The molecule has 0 unspecified atom stereocenters. The summed E-state index contributed by atoms with van der Waals surface area (Å²) >= 11 is 0. The molecule has 0 bridgehead atoms. The van der Waals surface area contributed by atoms with E-state index >= 15 is 0 Å². The average molecular weight is 309 g/mol. The number of aryl methyl sites for hydroxylation is 1. The Morgan fingerprint density at radius 2 is 2.00 bits per heavy atom. The van der Waals surface area contributed by atoms with E-state index in [0.717, 1.165) is 16.8 Å². The van der Waals surface area contributed by atoms with Crippen molar-refractivity contribution in [1.29, 1.82) is 0 Å². The lowest BCUT2D eigenvalue weighted by molar-refractivity contribution is 0.577. The van der Waals surface area contributed by atoms with Crippen LogP contribution in [0.4, 0.5) is 0 Å². The fraction of sp³-hybridized carbons (Fsp3) is 0.385. The molecule has 0 atom stereocenters. The largest absolute Gasteiger partial charge is 0.316 e. The number of pyridine rings is 1. The summed E-state index contributed by atoms with van der Waals surface area (Å²) in [6.45, 7) is 2.74. The Balaban J connectivity index is 2.09. The number of nitrogens with zero attached hydrogens (tertiary/aromatic N) is 3. The first-order chi connectivity index (χ1) is 9.94. The molecule has 2 N–H and O–H groups in total. The standard InChI is InChI=1S/C13H19N5O2S/c1-10-12(8-16-18(10)3)9-17-21(19,20)13-5-4-11(6-14-2)7-15-13/h4-5,7-8,14,17H,6,9H2,1-3H3. The van der Waals surface area contributed by atoms with Crippen LogP contribution in [0.3, 0.4) is 0 Å². The highest BCUT2D eigenvalue weighted by molar-refractivity contribution is 7.89. The molecule has 0 aromatic carbocycles. The van der Waals surface area contributed by atoms with Crippen LogP contribution in [0.2, 0.25) is 0 Å². The minimum Gasteiger partial charge on any atom is -0.316 e. The van der Waals surface area contributed by atoms with Gasteiger partial charge in [0.05, 0.1) is 6.20 Å². The fourth-order valence-corrected chi connectivity index (χ4v) is 2.78. The second-order valence-electron chi connectivity index (χ2n) is 4.74. The van der Waals surface area contributed by atoms with Crippen LogP contribution in [0.5, 0.6) is 0 Å². The van der Waals surface area contributed by atoms with Crippen molar-refractivity contribution >= 4 is 10.0 Å². The van der Waals surface area contributed by atoms with Crippen molar-refractivity contribution in [1.82, 2.24) is 24.8 Å². The highest BCUT2D eigenvalue weighted by atomic mass is 32.2. The summed E-state index contributed by atoms with van der Waals surface area (Å²) in [5, 5.41) is 7.08. The van der Waals surface area contributed by atoms with E-state index < -0.39 is 10.0 Å². The zero-order chi connectivity index (χ0) is 15.5. The van der Waals surface area contributed by atoms with Gasteiger partial charge in [-0.05, 0) is 25.6 Å². The van der Waals surface area contributed by atoms with Crippen molar-refractivity contribution in [3.8, 4) is 0 Å². The molecule has 2 aromatic rings. The Kier molecular flexibility index (Phi) is 4.71. The van der Waals surface area contributed by atoms with E-state index in [1.807, 2.05) is 21.0 Å². The minimum atomic E-state index is -3.62. The molecule has 0 fully saturated rings. The third-order valence-corrected chi connectivity index (χ3v) is 4.56. The van der Waals surface area contributed by atoms with E-state index in [1.165, 1.54) is 6.07 Å². The number of sulfonamides is 1. The summed E-state index contributed by atoms with van der Waals surface area (Å²) < 4.78 is 28.6. The van der Waals surface area contributed by atoms with E-state index in [0.29, 0.717) is 6.54 Å². The van der Waals surface area contributed by atoms with Gasteiger partial charge in [0, 0.05) is 37.6 Å². The van der Waals surface area contributed by atoms with Crippen molar-refractivity contribution < 1.29 is 8.42 Å². The molecule has 0 saturated heterocycles. The summed E-state index contributed by atoms with van der Waals surface area (Å²) in [5.74, 6) is 0. The van der Waals surface area contributed by atoms with E-state index in [2.05, 4.69) is 20.1 Å². The maximum atomic E-state index is 12.2. The first kappa shape index (κ1) is 15.6. The first-order valence-electron chi connectivity index (χ1n) is 6.50. The van der Waals surface area contributed by atoms with Crippen LogP contribution in [-0.2, 0) is 30.2 Å². The maximum absolute atomic E-state index is 12.2. The lowest BCUT2D eigenvalue weighted by atomic mass is 10.3. The summed E-state index contributed by atoms with van der Waals surface area (Å²) in [6.07, 6.45) is 3.21. The Morgan fingerprint density at radius 3 is 2.52 bits per heavy atom. The highest BCUT2D eigenvalue weighted by Crippen LogP contribution is 2.10. The lowest BCUT2D eigenvalue weighted by Gasteiger charge is -2.07. The van der Waals surface area contributed by atoms with Crippen molar-refractivity contribution in [2.45, 2.75) is 25.0 Å². The molecule has 2 heterocycles. The summed E-state index contributed by atoms with van der Waals surface area (Å²) in [4.78, 5) is 4.00. The first-order valence-corrected chi connectivity index (χ1v) is 7.99. The van der Waals surface area contributed by atoms with E-state index in [-0.39, 0.29) is 11.6 Å². The molecule has 0 saturated carbocycles. The Bertz CT molecular complexity index is 707. The molecule has 0 aliphatic carbocycles. The number of nitrogens with one attached hydrogen (secondary N) is 2. The molecule has 114 valence electrons. The molecule has 0 spiro atoms. The van der Waals surface area contributed by atoms with Crippen LogP contribution in [0.25, 0.3) is 0 Å². The van der Waals surface area contributed by atoms with E-state index in [1.54, 1.807) is 23.1 Å². The van der Waals surface area contributed by atoms with Gasteiger partial charge in [0.1, 0.15) is 0 Å². The molecular weight excluding hydrogens is 290 g/mol. The molecule has 0 aliphatic rings. The molecule has 2 rings (SSSR count). The maximum Gasteiger partial charge on any atom is 0.258 e. The third-order valence-electron chi connectivity index (χ3n) is 3.24. The lowest BCUT2D eigenvalue weighted by Crippen LogP contribution is -2.24. The van der Waals surface area contributed by atoms with Crippen LogP contribution in [0.15, 0.2) is 29.6 Å². The number of rotatable bonds is 6. The van der Waals surface area contributed by atoms with Crippen LogP contribution in [0.1, 0.15) is 16.8 Å². The fourth-order valence-electron chi connectivity index (χ4n) is 1.84. The quantitative estimate of drug-likeness (QED) is 0.802. The molecule has 0 radical (unpaired) electrons. The van der Waals surface area contributed by atoms with Gasteiger partial charge in [-0.2, -0.15) is 5.10 Å². The van der Waals surface area contributed by atoms with Crippen LogP contribution in [0, 0.1) is 6.92 Å². The summed E-state index contributed by atoms with van der Waals surface area (Å²) in [7, 11) is 0.0205. The predicted octanol–water partition coefficient (Wildman–Crippen LogP) is 0.321. The smallest absolute Gasteiger partial charge is 0.258 e. The summed E-state index contributed by atoms with van der Waals surface area (Å²) in [6, 6.07) is 3.25. The van der Waals surface area contributed by atoms with Crippen molar-refractivity contribution in [3.63, 3.8) is 0 Å². The molecule has 21 heavy (non-hydrogen) atoms. The number of hydrogen-bond donors (Lipinski definition) is 2. The van der Waals surface area contributed by atoms with Crippen molar-refractivity contribution in [2.75, 3.05) is 7.05 Å². The third kappa shape index (κ3) is 3.66. The molecule has 0 aliphatic heterocycles. The molecule has 0 amide bonds. The van der Waals surface area contributed by atoms with E-state index in [9.17, 15) is 8.42 Å². The van der Waals surface area contributed by atoms with Gasteiger partial charge >= 0.3 is 0 Å². The normalized spacial score (nSPS) is 11.8. The Labute approximate surface area is 124 Å². The van der Waals surface area contributed by atoms with Crippen LogP contribution in [-0.4, -0.2) is 30.2 Å². The molecular formula is C13H19N5O2S. The van der Waals surface area contributed by atoms with Gasteiger partial charge < -0.3 is 5.32 Å². The number of hydrogen-bond acceptors (Lipinski definition) is 5. The van der Waals surface area contributed by atoms with Gasteiger partial charge in [-0.3, -0.25) is 4.68 Å². The average Bonchev–Trinajstić information content (AvgIpc) is 2.78. The zero-order valence-electron chi connectivity index (χ0n) is 12.3. The second kappa shape index (κ2) is 6.33. The Hall–Kier alpha value is -1.77. The van der Waals surface area contributed by atoms with Gasteiger partial charge in [0.15, 0.2) is 5.03 Å². The predicted molar refractivity (Wildman–Crippen MR) is 79.0 cm³/mol. The monoisotopic (exact) mass is 309 g/mol. The second-order valence-corrected chi connectivity index (χ2v) is 6.45. The van der Waals surface area contributed by atoms with E-state index in [4.69, 9.17) is 0 Å². The van der Waals surface area contributed by atoms with Gasteiger partial charge in [0.25, 0.3) is 10.0 Å². The number of aromatic nitrogens is 3. The van der Waals surface area contributed by atoms with Crippen LogP contribution < -0.4 is 10.0 Å². The SMILES string of the molecule is CNCc1ccc(S(=O)(=O)NCc2cnn(C)c2C)nc1. The zero-order valence-corrected chi connectivity index (χ0v) is 13.1. The molecule has 8 heteroatoms. The highest BCUT2D eigenvalue weighted by Gasteiger charge is 2.16. The van der Waals surface area contributed by atoms with Gasteiger partial charge in [-0.15, -0.1) is 0 Å². The molecule has 7 nitrogen and oxygen atoms in total. The van der Waals surface area contributed by atoms with Gasteiger partial charge in [0.2, 0.25) is 0 Å². The van der Waals surface area contributed by atoms with Gasteiger partial charge in [-0.1, -0.05) is 6.07 Å². The summed E-state index contributed by atoms with van der Waals surface area (Å²) in [5.41, 5.74) is 2.70.